The van der Waals surface area contributed by atoms with Crippen molar-refractivity contribution >= 4 is 22.7 Å². The summed E-state index contributed by atoms with van der Waals surface area (Å²) in [6.07, 6.45) is 0.159. The molecule has 0 aliphatic carbocycles. The van der Waals surface area contributed by atoms with E-state index in [4.69, 9.17) is 4.74 Å². The summed E-state index contributed by atoms with van der Waals surface area (Å²) in [5, 5.41) is 11.6. The average molecular weight is 399 g/mol. The number of aliphatic hydroxyl groups excluding tert-OH is 1. The number of ether oxygens (including phenoxy) is 1. The standard InChI is InChI=1S/C22H26N2O3S/c1-4-16(3)24-21(26)19-7-5-6-8-20(19)23-22(24)28-14-17(25)13-27-18-11-9-15(2)10-12-18/h5-12,16-17,25H,4,13-14H2,1-3H3/t16-,17+/m0/s1. The fraction of sp³-hybridized carbons (Fsp3) is 0.364. The van der Waals surface area contributed by atoms with Crippen LogP contribution in [0.1, 0.15) is 31.9 Å². The Morgan fingerprint density at radius 2 is 1.89 bits per heavy atom. The lowest BCUT2D eigenvalue weighted by Crippen LogP contribution is -2.27. The third-order valence-corrected chi connectivity index (χ3v) is 5.77. The number of aromatic nitrogens is 2. The van der Waals surface area contributed by atoms with Crippen LogP contribution in [0, 0.1) is 6.92 Å². The second kappa shape index (κ2) is 9.26. The monoisotopic (exact) mass is 398 g/mol. The molecule has 2 aromatic carbocycles. The first-order valence-corrected chi connectivity index (χ1v) is 10.5. The molecule has 3 aromatic rings. The number of hydrogen-bond donors (Lipinski definition) is 1. The van der Waals surface area contributed by atoms with E-state index in [1.807, 2.05) is 69.3 Å². The van der Waals surface area contributed by atoms with Gasteiger partial charge >= 0.3 is 0 Å². The van der Waals surface area contributed by atoms with Crippen LogP contribution in [0.15, 0.2) is 58.5 Å². The Morgan fingerprint density at radius 1 is 1.18 bits per heavy atom. The molecule has 1 heterocycles. The predicted octanol–water partition coefficient (Wildman–Crippen LogP) is 4.21. The third-order valence-electron chi connectivity index (χ3n) is 4.68. The Kier molecular flexibility index (Phi) is 6.75. The fourth-order valence-electron chi connectivity index (χ4n) is 2.84. The van der Waals surface area contributed by atoms with Crippen molar-refractivity contribution in [3.63, 3.8) is 0 Å². The summed E-state index contributed by atoms with van der Waals surface area (Å²) < 4.78 is 7.39. The summed E-state index contributed by atoms with van der Waals surface area (Å²) in [6.45, 7) is 6.27. The van der Waals surface area contributed by atoms with E-state index in [9.17, 15) is 9.90 Å². The Labute approximate surface area is 169 Å². The van der Waals surface area contributed by atoms with Crippen molar-refractivity contribution in [2.45, 2.75) is 44.5 Å². The van der Waals surface area contributed by atoms with Crippen molar-refractivity contribution in [2.24, 2.45) is 0 Å². The highest BCUT2D eigenvalue weighted by Crippen LogP contribution is 2.23. The number of hydrogen-bond acceptors (Lipinski definition) is 5. The van der Waals surface area contributed by atoms with E-state index in [1.165, 1.54) is 11.8 Å². The summed E-state index contributed by atoms with van der Waals surface area (Å²) in [6, 6.07) is 15.1. The van der Waals surface area contributed by atoms with Crippen LogP contribution < -0.4 is 10.3 Å². The van der Waals surface area contributed by atoms with Crippen LogP contribution in [0.3, 0.4) is 0 Å². The molecule has 2 atom stereocenters. The molecule has 0 spiro atoms. The number of para-hydroxylation sites is 1. The molecular formula is C22H26N2O3S. The van der Waals surface area contributed by atoms with E-state index in [2.05, 4.69) is 4.98 Å². The molecule has 6 heteroatoms. The number of fused-ring (bicyclic) bond motifs is 1. The minimum atomic E-state index is -0.667. The summed E-state index contributed by atoms with van der Waals surface area (Å²) in [5.74, 6) is 1.13. The minimum Gasteiger partial charge on any atom is -0.491 e. The lowest BCUT2D eigenvalue weighted by Gasteiger charge is -2.19. The van der Waals surface area contributed by atoms with Gasteiger partial charge in [-0.2, -0.15) is 0 Å². The molecule has 0 saturated carbocycles. The molecule has 0 fully saturated rings. The van der Waals surface area contributed by atoms with E-state index in [1.54, 1.807) is 4.57 Å². The van der Waals surface area contributed by atoms with Crippen LogP contribution in [0.2, 0.25) is 0 Å². The Balaban J connectivity index is 1.73. The fourth-order valence-corrected chi connectivity index (χ4v) is 3.85. The first kappa shape index (κ1) is 20.4. The third kappa shape index (κ3) is 4.75. The van der Waals surface area contributed by atoms with Gasteiger partial charge in [0.15, 0.2) is 5.16 Å². The van der Waals surface area contributed by atoms with Crippen molar-refractivity contribution in [1.29, 1.82) is 0 Å². The predicted molar refractivity (Wildman–Crippen MR) is 114 cm³/mol. The maximum Gasteiger partial charge on any atom is 0.262 e. The topological polar surface area (TPSA) is 64.3 Å². The molecule has 0 unspecified atom stereocenters. The molecule has 0 radical (unpaired) electrons. The van der Waals surface area contributed by atoms with E-state index in [0.717, 1.165) is 17.7 Å². The molecule has 0 aliphatic heterocycles. The quantitative estimate of drug-likeness (QED) is 0.455. The molecule has 148 valence electrons. The van der Waals surface area contributed by atoms with Crippen LogP contribution in [0.25, 0.3) is 10.9 Å². The smallest absolute Gasteiger partial charge is 0.262 e. The van der Waals surface area contributed by atoms with Crippen LogP contribution in [0.4, 0.5) is 0 Å². The highest BCUT2D eigenvalue weighted by atomic mass is 32.2. The summed E-state index contributed by atoms with van der Waals surface area (Å²) in [4.78, 5) is 17.6. The second-order valence-corrected chi connectivity index (χ2v) is 7.92. The van der Waals surface area contributed by atoms with E-state index < -0.39 is 6.10 Å². The van der Waals surface area contributed by atoms with Gasteiger partial charge in [0.05, 0.1) is 17.0 Å². The van der Waals surface area contributed by atoms with Gasteiger partial charge in [0.2, 0.25) is 0 Å². The molecule has 28 heavy (non-hydrogen) atoms. The van der Waals surface area contributed by atoms with Crippen molar-refractivity contribution in [3.8, 4) is 5.75 Å². The van der Waals surface area contributed by atoms with Gasteiger partial charge < -0.3 is 9.84 Å². The van der Waals surface area contributed by atoms with Gasteiger partial charge in [-0.15, -0.1) is 0 Å². The average Bonchev–Trinajstić information content (AvgIpc) is 2.71. The molecular weight excluding hydrogens is 372 g/mol. The highest BCUT2D eigenvalue weighted by molar-refractivity contribution is 7.99. The number of thioether (sulfide) groups is 1. The zero-order valence-corrected chi connectivity index (χ0v) is 17.3. The minimum absolute atomic E-state index is 0.0344. The van der Waals surface area contributed by atoms with Gasteiger partial charge in [0, 0.05) is 11.8 Å². The van der Waals surface area contributed by atoms with E-state index >= 15 is 0 Å². The van der Waals surface area contributed by atoms with E-state index in [-0.39, 0.29) is 18.2 Å². The van der Waals surface area contributed by atoms with Gasteiger partial charge in [-0.25, -0.2) is 4.98 Å². The normalized spacial score (nSPS) is 13.4. The van der Waals surface area contributed by atoms with Crippen molar-refractivity contribution < 1.29 is 9.84 Å². The van der Waals surface area contributed by atoms with Crippen molar-refractivity contribution in [1.82, 2.24) is 9.55 Å². The maximum atomic E-state index is 13.0. The molecule has 5 nitrogen and oxygen atoms in total. The lowest BCUT2D eigenvalue weighted by molar-refractivity contribution is 0.126. The zero-order valence-electron chi connectivity index (χ0n) is 16.5. The van der Waals surface area contributed by atoms with Gasteiger partial charge in [0.25, 0.3) is 5.56 Å². The molecule has 0 amide bonds. The van der Waals surface area contributed by atoms with Gasteiger partial charge in [-0.3, -0.25) is 9.36 Å². The van der Waals surface area contributed by atoms with Crippen LogP contribution in [-0.2, 0) is 0 Å². The number of benzene rings is 2. The second-order valence-electron chi connectivity index (χ2n) is 6.93. The summed E-state index contributed by atoms with van der Waals surface area (Å²) >= 11 is 1.39. The van der Waals surface area contributed by atoms with Crippen LogP contribution in [0.5, 0.6) is 5.75 Å². The van der Waals surface area contributed by atoms with Crippen molar-refractivity contribution in [2.75, 3.05) is 12.4 Å². The largest absolute Gasteiger partial charge is 0.491 e. The number of aliphatic hydroxyl groups is 1. The number of rotatable bonds is 8. The molecule has 3 rings (SSSR count). The first-order chi connectivity index (χ1) is 13.5. The van der Waals surface area contributed by atoms with Crippen LogP contribution >= 0.6 is 11.8 Å². The molecule has 0 saturated heterocycles. The van der Waals surface area contributed by atoms with E-state index in [0.29, 0.717) is 21.8 Å². The Morgan fingerprint density at radius 3 is 2.61 bits per heavy atom. The van der Waals surface area contributed by atoms with Crippen molar-refractivity contribution in [3.05, 3.63) is 64.4 Å². The number of nitrogens with zero attached hydrogens (tertiary/aromatic N) is 2. The van der Waals surface area contributed by atoms with Gasteiger partial charge in [-0.05, 0) is 44.5 Å². The van der Waals surface area contributed by atoms with Gasteiger partial charge in [0.1, 0.15) is 12.4 Å². The molecule has 1 aromatic heterocycles. The highest BCUT2D eigenvalue weighted by Gasteiger charge is 2.17. The van der Waals surface area contributed by atoms with Gasteiger partial charge in [-0.1, -0.05) is 48.5 Å². The van der Waals surface area contributed by atoms with Crippen LogP contribution in [-0.4, -0.2) is 33.1 Å². The molecule has 0 aliphatic rings. The maximum absolute atomic E-state index is 13.0. The zero-order chi connectivity index (χ0) is 20.1. The summed E-state index contributed by atoms with van der Waals surface area (Å²) in [5.41, 5.74) is 1.81. The SMILES string of the molecule is CC[C@H](C)n1c(SC[C@H](O)COc2ccc(C)cc2)nc2ccccc2c1=O. The Bertz CT molecular complexity index is 985. The first-order valence-electron chi connectivity index (χ1n) is 9.51. The molecule has 1 N–H and O–H groups in total. The molecule has 0 bridgehead atoms. The Hall–Kier alpha value is -2.31. The number of aryl methyl sites for hydroxylation is 1. The summed E-state index contributed by atoms with van der Waals surface area (Å²) in [7, 11) is 0. The lowest BCUT2D eigenvalue weighted by atomic mass is 10.2.